The van der Waals surface area contributed by atoms with Gasteiger partial charge in [-0.2, -0.15) is 0 Å². The second-order valence-electron chi connectivity index (χ2n) is 7.73. The summed E-state index contributed by atoms with van der Waals surface area (Å²) in [5.41, 5.74) is 1.94. The van der Waals surface area contributed by atoms with Crippen LogP contribution in [0.1, 0.15) is 31.7 Å². The van der Waals surface area contributed by atoms with Crippen LogP contribution in [0.15, 0.2) is 42.5 Å². The van der Waals surface area contributed by atoms with Gasteiger partial charge in [-0.3, -0.25) is 14.4 Å². The Hall–Kier alpha value is -2.77. The highest BCUT2D eigenvalue weighted by Crippen LogP contribution is 2.33. The summed E-state index contributed by atoms with van der Waals surface area (Å²) < 4.78 is 5.20. The third kappa shape index (κ3) is 6.62. The maximum atomic E-state index is 13.2. The van der Waals surface area contributed by atoms with E-state index in [4.69, 9.17) is 27.9 Å². The summed E-state index contributed by atoms with van der Waals surface area (Å²) in [7, 11) is 0. The topological polar surface area (TPSA) is 87.7 Å². The molecule has 9 heteroatoms. The molecule has 3 rings (SSSR count). The van der Waals surface area contributed by atoms with Gasteiger partial charge in [0.05, 0.1) is 35.2 Å². The summed E-state index contributed by atoms with van der Waals surface area (Å²) >= 11 is 12.6. The van der Waals surface area contributed by atoms with Crippen molar-refractivity contribution in [3.63, 3.8) is 0 Å². The van der Waals surface area contributed by atoms with E-state index in [2.05, 4.69) is 10.6 Å². The van der Waals surface area contributed by atoms with Crippen LogP contribution in [0.3, 0.4) is 0 Å². The highest BCUT2D eigenvalue weighted by atomic mass is 35.5. The number of amides is 2. The minimum atomic E-state index is -0.890. The van der Waals surface area contributed by atoms with Crippen molar-refractivity contribution in [2.45, 2.75) is 38.6 Å². The second kappa shape index (κ2) is 11.9. The van der Waals surface area contributed by atoms with Crippen LogP contribution in [0.25, 0.3) is 0 Å². The number of halogens is 2. The molecular weight excluding hydrogens is 465 g/mol. The third-order valence-electron chi connectivity index (χ3n) is 5.35. The van der Waals surface area contributed by atoms with Crippen molar-refractivity contribution in [3.8, 4) is 0 Å². The smallest absolute Gasteiger partial charge is 0.308 e. The van der Waals surface area contributed by atoms with Crippen LogP contribution in [0.4, 0.5) is 11.4 Å². The standard InChI is InChI=1S/C24H27Cl2N3O4/c1-2-3-13-33-22(31)15-20-24(32)27-11-12-29(20)21(30)14-16-7-4-5-10-19(16)28-23-17(25)8-6-9-18(23)26/h4-10,20,28H,2-3,11-15H2,1H3,(H,27,32). The van der Waals surface area contributed by atoms with Gasteiger partial charge in [0.1, 0.15) is 6.04 Å². The van der Waals surface area contributed by atoms with Crippen LogP contribution in [-0.4, -0.2) is 48.4 Å². The van der Waals surface area contributed by atoms with Crippen LogP contribution in [0.5, 0.6) is 0 Å². The molecule has 0 radical (unpaired) electrons. The molecule has 0 bridgehead atoms. The fourth-order valence-electron chi connectivity index (χ4n) is 3.58. The Morgan fingerprint density at radius 1 is 1.15 bits per heavy atom. The Balaban J connectivity index is 1.74. The SMILES string of the molecule is CCCCOC(=O)CC1C(=O)NCCN1C(=O)Cc1ccccc1Nc1c(Cl)cccc1Cl. The number of anilines is 2. The summed E-state index contributed by atoms with van der Waals surface area (Å²) in [6, 6.07) is 11.6. The van der Waals surface area contributed by atoms with E-state index in [0.717, 1.165) is 12.8 Å². The second-order valence-corrected chi connectivity index (χ2v) is 8.54. The fourth-order valence-corrected chi connectivity index (χ4v) is 4.07. The first-order valence-electron chi connectivity index (χ1n) is 10.9. The van der Waals surface area contributed by atoms with Crippen LogP contribution < -0.4 is 10.6 Å². The Bertz CT molecular complexity index is 995. The van der Waals surface area contributed by atoms with Crippen LogP contribution >= 0.6 is 23.2 Å². The van der Waals surface area contributed by atoms with Gasteiger partial charge in [0.15, 0.2) is 0 Å². The molecule has 2 N–H and O–H groups in total. The predicted octanol–water partition coefficient (Wildman–Crippen LogP) is 4.34. The summed E-state index contributed by atoms with van der Waals surface area (Å²) in [6.45, 7) is 2.96. The Morgan fingerprint density at radius 2 is 1.88 bits per heavy atom. The third-order valence-corrected chi connectivity index (χ3v) is 5.98. The molecule has 1 unspecified atom stereocenters. The van der Waals surface area contributed by atoms with Crippen LogP contribution in [-0.2, 0) is 25.5 Å². The number of nitrogens with zero attached hydrogens (tertiary/aromatic N) is 1. The van der Waals surface area contributed by atoms with Crippen molar-refractivity contribution in [3.05, 3.63) is 58.1 Å². The molecule has 1 atom stereocenters. The minimum absolute atomic E-state index is 0.0416. The average Bonchev–Trinajstić information content (AvgIpc) is 2.79. The molecule has 0 spiro atoms. The predicted molar refractivity (Wildman–Crippen MR) is 129 cm³/mol. The number of carbonyl (C=O) groups excluding carboxylic acids is 3. The summed E-state index contributed by atoms with van der Waals surface area (Å²) in [6.07, 6.45) is 1.52. The lowest BCUT2D eigenvalue weighted by atomic mass is 10.0. The number of carbonyl (C=O) groups is 3. The minimum Gasteiger partial charge on any atom is -0.466 e. The number of para-hydroxylation sites is 2. The molecule has 1 saturated heterocycles. The van der Waals surface area contributed by atoms with Crippen molar-refractivity contribution >= 4 is 52.4 Å². The molecule has 0 aliphatic carbocycles. The van der Waals surface area contributed by atoms with Crippen LogP contribution in [0.2, 0.25) is 10.0 Å². The lowest BCUT2D eigenvalue weighted by Crippen LogP contribution is -2.58. The molecule has 1 aliphatic heterocycles. The normalized spacial score (nSPS) is 15.7. The quantitative estimate of drug-likeness (QED) is 0.402. The van der Waals surface area contributed by atoms with Crippen molar-refractivity contribution < 1.29 is 19.1 Å². The average molecular weight is 492 g/mol. The Morgan fingerprint density at radius 3 is 2.61 bits per heavy atom. The van der Waals surface area contributed by atoms with Crippen molar-refractivity contribution in [2.24, 2.45) is 0 Å². The molecule has 0 saturated carbocycles. The molecule has 176 valence electrons. The summed E-state index contributed by atoms with van der Waals surface area (Å²) in [4.78, 5) is 39.3. The molecular formula is C24H27Cl2N3O4. The van der Waals surface area contributed by atoms with Gasteiger partial charge in [-0.1, -0.05) is 60.8 Å². The summed E-state index contributed by atoms with van der Waals surface area (Å²) in [5.74, 6) is -1.09. The van der Waals surface area contributed by atoms with E-state index in [1.54, 1.807) is 18.2 Å². The van der Waals surface area contributed by atoms with Crippen molar-refractivity contribution in [2.75, 3.05) is 25.0 Å². The Labute approximate surface area is 203 Å². The van der Waals surface area contributed by atoms with E-state index < -0.39 is 12.0 Å². The van der Waals surface area contributed by atoms with E-state index in [1.165, 1.54) is 4.90 Å². The number of hydrogen-bond donors (Lipinski definition) is 2. The van der Waals surface area contributed by atoms with E-state index in [9.17, 15) is 14.4 Å². The fraction of sp³-hybridized carbons (Fsp3) is 0.375. The lowest BCUT2D eigenvalue weighted by molar-refractivity contribution is -0.151. The molecule has 33 heavy (non-hydrogen) atoms. The number of piperazine rings is 1. The number of esters is 1. The molecule has 2 aromatic rings. The maximum absolute atomic E-state index is 13.2. The van der Waals surface area contributed by atoms with E-state index in [-0.39, 0.29) is 24.7 Å². The highest BCUT2D eigenvalue weighted by Gasteiger charge is 2.35. The summed E-state index contributed by atoms with van der Waals surface area (Å²) in [5, 5.41) is 6.85. The van der Waals surface area contributed by atoms with Gasteiger partial charge in [0.25, 0.3) is 0 Å². The molecule has 0 aromatic heterocycles. The van der Waals surface area contributed by atoms with Gasteiger partial charge in [0, 0.05) is 18.8 Å². The van der Waals surface area contributed by atoms with Gasteiger partial charge < -0.3 is 20.3 Å². The number of hydrogen-bond acceptors (Lipinski definition) is 5. The highest BCUT2D eigenvalue weighted by molar-refractivity contribution is 6.39. The zero-order chi connectivity index (χ0) is 23.8. The van der Waals surface area contributed by atoms with Gasteiger partial charge in [-0.25, -0.2) is 0 Å². The molecule has 1 fully saturated rings. The first-order valence-corrected chi connectivity index (χ1v) is 11.7. The number of benzene rings is 2. The van der Waals surface area contributed by atoms with Crippen molar-refractivity contribution in [1.29, 1.82) is 0 Å². The lowest BCUT2D eigenvalue weighted by Gasteiger charge is -2.34. The number of nitrogens with one attached hydrogen (secondary N) is 2. The first kappa shape index (κ1) is 24.9. The number of unbranched alkanes of at least 4 members (excludes halogenated alkanes) is 1. The van der Waals surface area contributed by atoms with Crippen LogP contribution in [0, 0.1) is 0 Å². The van der Waals surface area contributed by atoms with Crippen molar-refractivity contribution in [1.82, 2.24) is 10.2 Å². The monoisotopic (exact) mass is 491 g/mol. The number of ether oxygens (including phenoxy) is 1. The molecule has 7 nitrogen and oxygen atoms in total. The van der Waals surface area contributed by atoms with E-state index >= 15 is 0 Å². The largest absolute Gasteiger partial charge is 0.466 e. The maximum Gasteiger partial charge on any atom is 0.308 e. The Kier molecular flexibility index (Phi) is 8.97. The first-order chi connectivity index (χ1) is 15.9. The van der Waals surface area contributed by atoms with Gasteiger partial charge in [-0.15, -0.1) is 0 Å². The molecule has 1 heterocycles. The molecule has 1 aliphatic rings. The molecule has 2 amide bonds. The van der Waals surface area contributed by atoms with E-state index in [1.807, 2.05) is 31.2 Å². The van der Waals surface area contributed by atoms with Gasteiger partial charge in [-0.05, 0) is 30.2 Å². The number of rotatable bonds is 9. The van der Waals surface area contributed by atoms with Gasteiger partial charge >= 0.3 is 5.97 Å². The molecule has 2 aromatic carbocycles. The zero-order valence-corrected chi connectivity index (χ0v) is 19.9. The van der Waals surface area contributed by atoms with E-state index in [0.29, 0.717) is 46.7 Å². The zero-order valence-electron chi connectivity index (χ0n) is 18.4. The van der Waals surface area contributed by atoms with Gasteiger partial charge in [0.2, 0.25) is 11.8 Å².